The molecule has 1 N–H and O–H groups in total. The molecular formula is C22H20N2O3. The second-order valence-electron chi connectivity index (χ2n) is 7.09. The van der Waals surface area contributed by atoms with Crippen LogP contribution in [0.25, 0.3) is 27.8 Å². The number of aromatic nitrogens is 1. The van der Waals surface area contributed by atoms with Gasteiger partial charge in [-0.3, -0.25) is 4.57 Å². The first-order valence-corrected chi connectivity index (χ1v) is 9.33. The number of furan rings is 1. The van der Waals surface area contributed by atoms with E-state index in [0.717, 1.165) is 46.7 Å². The number of benzene rings is 2. The van der Waals surface area contributed by atoms with Crippen molar-refractivity contribution in [3.63, 3.8) is 0 Å². The zero-order valence-corrected chi connectivity index (χ0v) is 14.9. The fourth-order valence-electron chi connectivity index (χ4n) is 4.00. The van der Waals surface area contributed by atoms with Crippen LogP contribution in [-0.2, 0) is 0 Å². The van der Waals surface area contributed by atoms with Gasteiger partial charge in [-0.05, 0) is 49.6 Å². The SMILES string of the molecule is O=C(O)c1ccc2c(c1)cc(N1CCCCC1)n2-c1cc2ccccc2o1. The highest BCUT2D eigenvalue weighted by molar-refractivity contribution is 5.96. The molecule has 136 valence electrons. The first kappa shape index (κ1) is 16.0. The molecule has 0 unspecified atom stereocenters. The Hall–Kier alpha value is -3.21. The fourth-order valence-corrected chi connectivity index (χ4v) is 4.00. The van der Waals surface area contributed by atoms with Gasteiger partial charge in [0.25, 0.3) is 0 Å². The van der Waals surface area contributed by atoms with Gasteiger partial charge < -0.3 is 14.4 Å². The molecule has 0 radical (unpaired) electrons. The van der Waals surface area contributed by atoms with Crippen LogP contribution in [0.4, 0.5) is 5.82 Å². The lowest BCUT2D eigenvalue weighted by atomic mass is 10.1. The molecule has 2 aromatic carbocycles. The molecule has 5 rings (SSSR count). The highest BCUT2D eigenvalue weighted by atomic mass is 16.4. The van der Waals surface area contributed by atoms with E-state index >= 15 is 0 Å². The Balaban J connectivity index is 1.75. The number of anilines is 1. The Bertz CT molecular complexity index is 1120. The van der Waals surface area contributed by atoms with Crippen molar-refractivity contribution in [1.82, 2.24) is 4.57 Å². The molecule has 0 aliphatic carbocycles. The summed E-state index contributed by atoms with van der Waals surface area (Å²) in [5.41, 5.74) is 2.11. The third-order valence-corrected chi connectivity index (χ3v) is 5.34. The summed E-state index contributed by atoms with van der Waals surface area (Å²) in [6.07, 6.45) is 3.59. The van der Waals surface area contributed by atoms with Gasteiger partial charge in [0.15, 0.2) is 0 Å². The van der Waals surface area contributed by atoms with E-state index < -0.39 is 5.97 Å². The third-order valence-electron chi connectivity index (χ3n) is 5.34. The van der Waals surface area contributed by atoms with Crippen LogP contribution in [0.15, 0.2) is 59.0 Å². The average Bonchev–Trinajstić information content (AvgIpc) is 3.29. The molecule has 1 aliphatic heterocycles. The molecule has 0 spiro atoms. The van der Waals surface area contributed by atoms with Gasteiger partial charge in [-0.2, -0.15) is 0 Å². The lowest BCUT2D eigenvalue weighted by Crippen LogP contribution is -2.30. The van der Waals surface area contributed by atoms with Crippen LogP contribution in [0.1, 0.15) is 29.6 Å². The number of carbonyl (C=O) groups is 1. The van der Waals surface area contributed by atoms with Gasteiger partial charge in [-0.25, -0.2) is 4.79 Å². The highest BCUT2D eigenvalue weighted by Crippen LogP contribution is 2.34. The van der Waals surface area contributed by atoms with Gasteiger partial charge in [0.1, 0.15) is 11.4 Å². The summed E-state index contributed by atoms with van der Waals surface area (Å²) >= 11 is 0. The van der Waals surface area contributed by atoms with Crippen LogP contribution in [0, 0.1) is 0 Å². The minimum Gasteiger partial charge on any atom is -0.478 e. The molecule has 0 bridgehead atoms. The minimum absolute atomic E-state index is 0.300. The van der Waals surface area contributed by atoms with Crippen molar-refractivity contribution in [3.8, 4) is 5.88 Å². The number of para-hydroxylation sites is 1. The normalized spacial score (nSPS) is 14.9. The van der Waals surface area contributed by atoms with Gasteiger partial charge in [0.2, 0.25) is 5.88 Å². The molecule has 1 aliphatic rings. The van der Waals surface area contributed by atoms with E-state index in [1.165, 1.54) is 19.3 Å². The molecule has 3 heterocycles. The van der Waals surface area contributed by atoms with Gasteiger partial charge in [-0.1, -0.05) is 18.2 Å². The number of hydrogen-bond acceptors (Lipinski definition) is 3. The lowest BCUT2D eigenvalue weighted by Gasteiger charge is -2.29. The Morgan fingerprint density at radius 2 is 1.74 bits per heavy atom. The van der Waals surface area contributed by atoms with E-state index in [1.807, 2.05) is 36.4 Å². The molecule has 5 heteroatoms. The zero-order valence-electron chi connectivity index (χ0n) is 14.9. The van der Waals surface area contributed by atoms with Gasteiger partial charge in [-0.15, -0.1) is 0 Å². The van der Waals surface area contributed by atoms with Crippen molar-refractivity contribution < 1.29 is 14.3 Å². The molecule has 5 nitrogen and oxygen atoms in total. The highest BCUT2D eigenvalue weighted by Gasteiger charge is 2.21. The smallest absolute Gasteiger partial charge is 0.335 e. The fraction of sp³-hybridized carbons (Fsp3) is 0.227. The van der Waals surface area contributed by atoms with Gasteiger partial charge >= 0.3 is 5.97 Å². The van der Waals surface area contributed by atoms with Crippen LogP contribution in [0.5, 0.6) is 0 Å². The molecular weight excluding hydrogens is 340 g/mol. The van der Waals surface area contributed by atoms with E-state index in [9.17, 15) is 9.90 Å². The maximum absolute atomic E-state index is 11.4. The van der Waals surface area contributed by atoms with Crippen LogP contribution >= 0.6 is 0 Å². The van der Waals surface area contributed by atoms with Crippen molar-refractivity contribution in [2.24, 2.45) is 0 Å². The van der Waals surface area contributed by atoms with Crippen molar-refractivity contribution in [3.05, 3.63) is 60.2 Å². The zero-order chi connectivity index (χ0) is 18.4. The standard InChI is InChI=1S/C22H20N2O3/c25-22(26)16-8-9-18-17(12-16)13-20(23-10-4-1-5-11-23)24(18)21-14-15-6-2-3-7-19(15)27-21/h2-3,6-9,12-14H,1,4-5,10-11H2,(H,25,26). The molecule has 27 heavy (non-hydrogen) atoms. The average molecular weight is 360 g/mol. The Morgan fingerprint density at radius 3 is 2.52 bits per heavy atom. The summed E-state index contributed by atoms with van der Waals surface area (Å²) < 4.78 is 8.27. The second kappa shape index (κ2) is 6.20. The largest absolute Gasteiger partial charge is 0.478 e. The van der Waals surface area contributed by atoms with Crippen molar-refractivity contribution >= 4 is 33.7 Å². The first-order chi connectivity index (χ1) is 13.2. The summed E-state index contributed by atoms with van der Waals surface area (Å²) in [6, 6.07) is 17.4. The second-order valence-corrected chi connectivity index (χ2v) is 7.09. The van der Waals surface area contributed by atoms with E-state index in [0.29, 0.717) is 5.56 Å². The number of rotatable bonds is 3. The maximum atomic E-state index is 11.4. The van der Waals surface area contributed by atoms with Crippen LogP contribution in [-0.4, -0.2) is 28.7 Å². The summed E-state index contributed by atoms with van der Waals surface area (Å²) in [5, 5.41) is 11.3. The molecule has 0 atom stereocenters. The maximum Gasteiger partial charge on any atom is 0.335 e. The van der Waals surface area contributed by atoms with E-state index in [1.54, 1.807) is 12.1 Å². The number of fused-ring (bicyclic) bond motifs is 2. The first-order valence-electron chi connectivity index (χ1n) is 9.33. The Morgan fingerprint density at radius 1 is 0.926 bits per heavy atom. The number of hydrogen-bond donors (Lipinski definition) is 1. The molecule has 1 saturated heterocycles. The van der Waals surface area contributed by atoms with Crippen LogP contribution in [0.2, 0.25) is 0 Å². The molecule has 4 aromatic rings. The predicted octanol–water partition coefficient (Wildman–Crippen LogP) is 5.07. The van der Waals surface area contributed by atoms with E-state index in [2.05, 4.69) is 15.5 Å². The van der Waals surface area contributed by atoms with E-state index in [4.69, 9.17) is 4.42 Å². The minimum atomic E-state index is -0.909. The number of carboxylic acids is 1. The Kier molecular flexibility index (Phi) is 3.67. The summed E-state index contributed by atoms with van der Waals surface area (Å²) in [5.74, 6) is 0.911. The molecule has 0 saturated carbocycles. The van der Waals surface area contributed by atoms with Gasteiger partial charge in [0.05, 0.1) is 11.1 Å². The quantitative estimate of drug-likeness (QED) is 0.554. The van der Waals surface area contributed by atoms with Crippen LogP contribution in [0.3, 0.4) is 0 Å². The summed E-state index contributed by atoms with van der Waals surface area (Å²) in [6.45, 7) is 2.00. The summed E-state index contributed by atoms with van der Waals surface area (Å²) in [7, 11) is 0. The predicted molar refractivity (Wildman–Crippen MR) is 106 cm³/mol. The molecule has 1 fully saturated rings. The number of nitrogens with zero attached hydrogens (tertiary/aromatic N) is 2. The molecule has 0 amide bonds. The van der Waals surface area contributed by atoms with E-state index in [-0.39, 0.29) is 0 Å². The van der Waals surface area contributed by atoms with Gasteiger partial charge in [0, 0.05) is 29.9 Å². The van der Waals surface area contributed by atoms with Crippen molar-refractivity contribution in [2.75, 3.05) is 18.0 Å². The summed E-state index contributed by atoms with van der Waals surface area (Å²) in [4.78, 5) is 13.8. The van der Waals surface area contributed by atoms with Crippen LogP contribution < -0.4 is 4.90 Å². The number of carboxylic acid groups (broad SMARTS) is 1. The monoisotopic (exact) mass is 360 g/mol. The third kappa shape index (κ3) is 2.67. The van der Waals surface area contributed by atoms with Crippen molar-refractivity contribution in [1.29, 1.82) is 0 Å². The van der Waals surface area contributed by atoms with Crippen molar-refractivity contribution in [2.45, 2.75) is 19.3 Å². The Labute approximate surface area is 156 Å². The number of aromatic carboxylic acids is 1. The lowest BCUT2D eigenvalue weighted by molar-refractivity contribution is 0.0697. The topological polar surface area (TPSA) is 58.6 Å². The molecule has 2 aromatic heterocycles. The number of piperidine rings is 1.